The number of hydrogen-bond acceptors (Lipinski definition) is 6. The Balaban J connectivity index is 2.12. The van der Waals surface area contributed by atoms with E-state index in [9.17, 15) is 10.1 Å². The second kappa shape index (κ2) is 8.46. The zero-order valence-corrected chi connectivity index (χ0v) is 16.9. The highest BCUT2D eigenvalue weighted by atomic mass is 35.5. The van der Waals surface area contributed by atoms with Gasteiger partial charge in [0.1, 0.15) is 17.8 Å². The minimum Gasteiger partial charge on any atom is -0.493 e. The van der Waals surface area contributed by atoms with Crippen molar-refractivity contribution in [1.82, 2.24) is 5.32 Å². The van der Waals surface area contributed by atoms with E-state index in [0.717, 1.165) is 11.3 Å². The molecule has 1 amide bonds. The second-order valence-corrected chi connectivity index (χ2v) is 6.74. The molecule has 0 aliphatic carbocycles. The Hall–Kier alpha value is -2.82. The number of nitrogens with zero attached hydrogens (tertiary/aromatic N) is 2. The van der Waals surface area contributed by atoms with Crippen LogP contribution in [0.3, 0.4) is 0 Å². The molecule has 8 heteroatoms. The molecule has 1 N–H and O–H groups in total. The smallest absolute Gasteiger partial charge is 0.266 e. The summed E-state index contributed by atoms with van der Waals surface area (Å²) in [4.78, 5) is 14.2. The number of ether oxygens (including phenoxy) is 2. The van der Waals surface area contributed by atoms with Gasteiger partial charge in [0.05, 0.1) is 18.7 Å². The van der Waals surface area contributed by atoms with Gasteiger partial charge in [-0.1, -0.05) is 17.7 Å². The third-order valence-corrected chi connectivity index (χ3v) is 4.92. The Morgan fingerprint density at radius 2 is 1.96 bits per heavy atom. The van der Waals surface area contributed by atoms with Crippen LogP contribution in [0.15, 0.2) is 53.1 Å². The van der Waals surface area contributed by atoms with E-state index in [4.69, 9.17) is 21.1 Å². The van der Waals surface area contributed by atoms with Crippen LogP contribution < -0.4 is 19.7 Å². The molecule has 0 radical (unpaired) electrons. The average Bonchev–Trinajstić information content (AvgIpc) is 2.69. The van der Waals surface area contributed by atoms with Crippen LogP contribution in [-0.4, -0.2) is 19.6 Å². The molecule has 2 aromatic rings. The lowest BCUT2D eigenvalue weighted by atomic mass is 10.1. The fourth-order valence-corrected chi connectivity index (χ4v) is 3.45. The second-order valence-electron chi connectivity index (χ2n) is 5.88. The van der Waals surface area contributed by atoms with Gasteiger partial charge in [-0.05, 0) is 48.9 Å². The molecule has 1 aliphatic rings. The Morgan fingerprint density at radius 3 is 2.57 bits per heavy atom. The number of amides is 1. The number of rotatable bonds is 5. The standard InChI is InChI=1S/C20H18ClN3O3S/c1-3-27-16-9-4-12(10-17(16)26-2)18-23-19(25)15(11-22)20(28)24(18)14-7-5-13(21)6-8-14/h4-10,18,28H,3H2,1-2H3,(H,23,25)/t18-/m0/s1. The fraction of sp³-hybridized carbons (Fsp3) is 0.200. The van der Waals surface area contributed by atoms with E-state index >= 15 is 0 Å². The molecule has 0 spiro atoms. The van der Waals surface area contributed by atoms with Gasteiger partial charge in [0.25, 0.3) is 5.91 Å². The number of nitrogens with one attached hydrogen (secondary N) is 1. The molecule has 28 heavy (non-hydrogen) atoms. The molecule has 0 saturated heterocycles. The Bertz CT molecular complexity index is 970. The van der Waals surface area contributed by atoms with Gasteiger partial charge >= 0.3 is 0 Å². The highest BCUT2D eigenvalue weighted by molar-refractivity contribution is 7.84. The predicted molar refractivity (Wildman–Crippen MR) is 111 cm³/mol. The molecule has 1 heterocycles. The highest BCUT2D eigenvalue weighted by Crippen LogP contribution is 2.38. The van der Waals surface area contributed by atoms with Crippen molar-refractivity contribution in [2.45, 2.75) is 13.1 Å². The van der Waals surface area contributed by atoms with Crippen molar-refractivity contribution in [3.05, 3.63) is 63.7 Å². The zero-order chi connectivity index (χ0) is 20.3. The van der Waals surface area contributed by atoms with Crippen LogP contribution in [0.5, 0.6) is 11.5 Å². The molecular weight excluding hydrogens is 398 g/mol. The lowest BCUT2D eigenvalue weighted by molar-refractivity contribution is -0.118. The molecule has 0 fully saturated rings. The summed E-state index contributed by atoms with van der Waals surface area (Å²) >= 11 is 10.5. The number of benzene rings is 2. The van der Waals surface area contributed by atoms with Crippen LogP contribution in [0.25, 0.3) is 0 Å². The summed E-state index contributed by atoms with van der Waals surface area (Å²) in [5.41, 5.74) is 1.40. The zero-order valence-electron chi connectivity index (χ0n) is 15.3. The predicted octanol–water partition coefficient (Wildman–Crippen LogP) is 4.05. The number of carbonyl (C=O) groups excluding carboxylic acids is 1. The first-order valence-corrected chi connectivity index (χ1v) is 9.32. The van der Waals surface area contributed by atoms with Crippen molar-refractivity contribution >= 4 is 35.8 Å². The van der Waals surface area contributed by atoms with Gasteiger partial charge in [0, 0.05) is 10.7 Å². The van der Waals surface area contributed by atoms with Crippen LogP contribution in [0.1, 0.15) is 18.7 Å². The number of carbonyl (C=O) groups is 1. The van der Waals surface area contributed by atoms with Crippen LogP contribution >= 0.6 is 24.2 Å². The monoisotopic (exact) mass is 415 g/mol. The van der Waals surface area contributed by atoms with Crippen molar-refractivity contribution in [3.63, 3.8) is 0 Å². The molecular formula is C20H18ClN3O3S. The first-order chi connectivity index (χ1) is 13.5. The SMILES string of the molecule is CCOc1ccc([C@H]2NC(=O)C(C#N)=C(S)N2c2ccc(Cl)cc2)cc1OC. The Morgan fingerprint density at radius 1 is 1.25 bits per heavy atom. The van der Waals surface area contributed by atoms with E-state index in [1.54, 1.807) is 48.4 Å². The highest BCUT2D eigenvalue weighted by Gasteiger charge is 2.34. The topological polar surface area (TPSA) is 74.6 Å². The van der Waals surface area contributed by atoms with Gasteiger partial charge in [-0.25, -0.2) is 0 Å². The maximum Gasteiger partial charge on any atom is 0.266 e. The Labute approximate surface area is 173 Å². The van der Waals surface area contributed by atoms with Gasteiger partial charge in [-0.15, -0.1) is 12.6 Å². The van der Waals surface area contributed by atoms with E-state index in [1.807, 2.05) is 19.1 Å². The summed E-state index contributed by atoms with van der Waals surface area (Å²) in [5.74, 6) is 0.657. The molecule has 0 aromatic heterocycles. The molecule has 2 aromatic carbocycles. The Kier molecular flexibility index (Phi) is 6.02. The van der Waals surface area contributed by atoms with E-state index in [-0.39, 0.29) is 10.6 Å². The van der Waals surface area contributed by atoms with Crippen molar-refractivity contribution in [1.29, 1.82) is 5.26 Å². The van der Waals surface area contributed by atoms with E-state index in [0.29, 0.717) is 23.1 Å². The van der Waals surface area contributed by atoms with Crippen molar-refractivity contribution in [2.24, 2.45) is 0 Å². The number of hydrogen-bond donors (Lipinski definition) is 2. The number of methoxy groups -OCH3 is 1. The molecule has 1 atom stereocenters. The number of thiol groups is 1. The van der Waals surface area contributed by atoms with Crippen LogP contribution in [0.4, 0.5) is 5.69 Å². The van der Waals surface area contributed by atoms with Gasteiger partial charge in [-0.2, -0.15) is 5.26 Å². The minimum atomic E-state index is -0.595. The number of halogens is 1. The number of nitriles is 1. The van der Waals surface area contributed by atoms with Gasteiger partial charge in [0.2, 0.25) is 0 Å². The van der Waals surface area contributed by atoms with E-state index in [1.165, 1.54) is 0 Å². The van der Waals surface area contributed by atoms with E-state index < -0.39 is 12.1 Å². The normalized spacial score (nSPS) is 16.5. The van der Waals surface area contributed by atoms with Crippen molar-refractivity contribution in [3.8, 4) is 17.6 Å². The van der Waals surface area contributed by atoms with Gasteiger partial charge in [-0.3, -0.25) is 4.79 Å². The maximum atomic E-state index is 12.4. The van der Waals surface area contributed by atoms with Gasteiger partial charge in [0.15, 0.2) is 11.5 Å². The molecule has 0 unspecified atom stereocenters. The van der Waals surface area contributed by atoms with Crippen molar-refractivity contribution < 1.29 is 14.3 Å². The van der Waals surface area contributed by atoms with Crippen LogP contribution in [0, 0.1) is 11.3 Å². The fourth-order valence-electron chi connectivity index (χ4n) is 2.94. The van der Waals surface area contributed by atoms with Crippen molar-refractivity contribution in [2.75, 3.05) is 18.6 Å². The molecule has 1 aliphatic heterocycles. The lowest BCUT2D eigenvalue weighted by Gasteiger charge is -2.38. The average molecular weight is 416 g/mol. The molecule has 0 bridgehead atoms. The molecule has 3 rings (SSSR count). The first kappa shape index (κ1) is 19.9. The first-order valence-electron chi connectivity index (χ1n) is 8.49. The van der Waals surface area contributed by atoms with Gasteiger partial charge < -0.3 is 19.7 Å². The summed E-state index contributed by atoms with van der Waals surface area (Å²) in [6.45, 7) is 2.39. The molecule has 144 valence electrons. The summed E-state index contributed by atoms with van der Waals surface area (Å²) in [6, 6.07) is 14.4. The minimum absolute atomic E-state index is 0.0626. The van der Waals surface area contributed by atoms with Crippen LogP contribution in [0.2, 0.25) is 5.02 Å². The quantitative estimate of drug-likeness (QED) is 0.720. The van der Waals surface area contributed by atoms with Crippen LogP contribution in [-0.2, 0) is 4.79 Å². The third kappa shape index (κ3) is 3.75. The largest absolute Gasteiger partial charge is 0.493 e. The third-order valence-electron chi connectivity index (χ3n) is 4.22. The number of anilines is 1. The summed E-state index contributed by atoms with van der Waals surface area (Å²) in [6.07, 6.45) is -0.595. The molecule has 6 nitrogen and oxygen atoms in total. The maximum absolute atomic E-state index is 12.4. The summed E-state index contributed by atoms with van der Waals surface area (Å²) < 4.78 is 11.0. The summed E-state index contributed by atoms with van der Waals surface area (Å²) in [7, 11) is 1.55. The van der Waals surface area contributed by atoms with E-state index in [2.05, 4.69) is 17.9 Å². The molecule has 0 saturated carbocycles. The summed E-state index contributed by atoms with van der Waals surface area (Å²) in [5, 5.41) is 13.1. The lowest BCUT2D eigenvalue weighted by Crippen LogP contribution is -2.46.